The van der Waals surface area contributed by atoms with Crippen molar-refractivity contribution >= 4 is 38.6 Å². The number of fused-ring (bicyclic) bond motifs is 1. The number of carbonyl (C=O) groups excluding carboxylic acids is 1. The number of nitrogens with zero attached hydrogens (tertiary/aromatic N) is 3. The van der Waals surface area contributed by atoms with E-state index in [0.29, 0.717) is 6.42 Å². The molecular weight excluding hydrogens is 342 g/mol. The Bertz CT molecular complexity index is 689. The van der Waals surface area contributed by atoms with Crippen LogP contribution in [0.4, 0.5) is 5.82 Å². The van der Waals surface area contributed by atoms with E-state index in [2.05, 4.69) is 39.0 Å². The van der Waals surface area contributed by atoms with Gasteiger partial charge in [0.2, 0.25) is 5.91 Å². The van der Waals surface area contributed by atoms with Gasteiger partial charge in [-0.25, -0.2) is 4.98 Å². The van der Waals surface area contributed by atoms with Crippen molar-refractivity contribution in [3.63, 3.8) is 0 Å². The number of aromatic nitrogens is 1. The van der Waals surface area contributed by atoms with Gasteiger partial charge < -0.3 is 9.80 Å². The van der Waals surface area contributed by atoms with Crippen LogP contribution in [-0.4, -0.2) is 42.0 Å². The molecule has 0 atom stereocenters. The summed E-state index contributed by atoms with van der Waals surface area (Å²) in [5, 5.41) is 1.13. The minimum absolute atomic E-state index is 0.246. The minimum Gasteiger partial charge on any atom is -0.355 e. The number of halogens is 1. The smallest absolute Gasteiger partial charge is 0.222 e. The predicted molar refractivity (Wildman–Crippen MR) is 93.1 cm³/mol. The number of benzene rings is 1. The molecule has 0 radical (unpaired) electrons. The number of amides is 1. The molecule has 116 valence electrons. The first-order valence-corrected chi connectivity index (χ1v) is 8.56. The predicted octanol–water partition coefficient (Wildman–Crippen LogP) is 3.45. The first kappa shape index (κ1) is 15.3. The lowest BCUT2D eigenvalue weighted by Gasteiger charge is -2.23. The van der Waals surface area contributed by atoms with Crippen LogP contribution in [0.25, 0.3) is 10.9 Å². The number of carbonyl (C=O) groups is 1. The van der Waals surface area contributed by atoms with E-state index >= 15 is 0 Å². The van der Waals surface area contributed by atoms with E-state index in [0.717, 1.165) is 53.8 Å². The Kier molecular flexibility index (Phi) is 4.62. The molecule has 0 bridgehead atoms. The molecule has 1 saturated heterocycles. The lowest BCUT2D eigenvalue weighted by Crippen LogP contribution is -2.34. The summed E-state index contributed by atoms with van der Waals surface area (Å²) in [6.45, 7) is 5.33. The highest BCUT2D eigenvalue weighted by atomic mass is 79.9. The molecule has 4 nitrogen and oxygen atoms in total. The Labute approximate surface area is 139 Å². The van der Waals surface area contributed by atoms with Crippen LogP contribution in [0, 0.1) is 0 Å². The Morgan fingerprint density at radius 3 is 2.86 bits per heavy atom. The number of rotatable bonds is 2. The summed E-state index contributed by atoms with van der Waals surface area (Å²) >= 11 is 3.57. The molecule has 0 spiro atoms. The molecule has 0 aliphatic carbocycles. The van der Waals surface area contributed by atoms with E-state index in [1.54, 1.807) is 0 Å². The molecule has 3 rings (SSSR count). The fraction of sp³-hybridized carbons (Fsp3) is 0.412. The van der Waals surface area contributed by atoms with Crippen LogP contribution in [0.2, 0.25) is 0 Å². The lowest BCUT2D eigenvalue weighted by atomic mass is 10.2. The van der Waals surface area contributed by atoms with Gasteiger partial charge in [-0.1, -0.05) is 19.1 Å². The molecule has 0 unspecified atom stereocenters. The van der Waals surface area contributed by atoms with Gasteiger partial charge in [0, 0.05) is 42.5 Å². The van der Waals surface area contributed by atoms with Gasteiger partial charge in [-0.15, -0.1) is 0 Å². The first-order chi connectivity index (χ1) is 10.7. The summed E-state index contributed by atoms with van der Waals surface area (Å²) in [6, 6.07) is 10.3. The third-order valence-corrected chi connectivity index (χ3v) is 4.77. The zero-order valence-corrected chi connectivity index (χ0v) is 14.3. The summed E-state index contributed by atoms with van der Waals surface area (Å²) in [4.78, 5) is 20.9. The van der Waals surface area contributed by atoms with E-state index < -0.39 is 0 Å². The number of para-hydroxylation sites is 1. The van der Waals surface area contributed by atoms with Gasteiger partial charge in [0.15, 0.2) is 0 Å². The molecule has 5 heteroatoms. The molecule has 0 N–H and O–H groups in total. The van der Waals surface area contributed by atoms with Crippen LogP contribution in [0.3, 0.4) is 0 Å². The van der Waals surface area contributed by atoms with Gasteiger partial charge in [-0.2, -0.15) is 0 Å². The van der Waals surface area contributed by atoms with Crippen molar-refractivity contribution in [1.29, 1.82) is 0 Å². The van der Waals surface area contributed by atoms with Crippen molar-refractivity contribution in [2.75, 3.05) is 31.1 Å². The monoisotopic (exact) mass is 361 g/mol. The molecule has 2 aromatic rings. The summed E-state index contributed by atoms with van der Waals surface area (Å²) in [5.74, 6) is 1.24. The van der Waals surface area contributed by atoms with Gasteiger partial charge in [0.05, 0.1) is 5.52 Å². The molecular formula is C17H20BrN3O. The highest BCUT2D eigenvalue weighted by Crippen LogP contribution is 2.25. The summed E-state index contributed by atoms with van der Waals surface area (Å²) in [5.41, 5.74) is 0.991. The third-order valence-electron chi connectivity index (χ3n) is 4.13. The molecule has 1 aliphatic rings. The van der Waals surface area contributed by atoms with Crippen LogP contribution in [0.5, 0.6) is 0 Å². The Hall–Kier alpha value is -1.62. The minimum atomic E-state index is 0.246. The largest absolute Gasteiger partial charge is 0.355 e. The maximum Gasteiger partial charge on any atom is 0.222 e. The second kappa shape index (κ2) is 6.65. The first-order valence-electron chi connectivity index (χ1n) is 7.77. The maximum atomic E-state index is 11.9. The molecule has 1 aliphatic heterocycles. The molecule has 1 aromatic carbocycles. The number of hydrogen-bond donors (Lipinski definition) is 0. The summed E-state index contributed by atoms with van der Waals surface area (Å²) < 4.78 is 1.02. The molecule has 1 amide bonds. The molecule has 1 fully saturated rings. The number of anilines is 1. The SMILES string of the molecule is CCC(=O)N1CCCN(c2ccc3cccc(Br)c3n2)CC1. The number of pyridine rings is 1. The van der Waals surface area contributed by atoms with E-state index in [1.165, 1.54) is 0 Å². The third kappa shape index (κ3) is 3.09. The Morgan fingerprint density at radius 1 is 1.18 bits per heavy atom. The van der Waals surface area contributed by atoms with Crippen molar-refractivity contribution in [1.82, 2.24) is 9.88 Å². The lowest BCUT2D eigenvalue weighted by molar-refractivity contribution is -0.130. The molecule has 1 aromatic heterocycles. The topological polar surface area (TPSA) is 36.4 Å². The van der Waals surface area contributed by atoms with Gasteiger partial charge in [-0.05, 0) is 40.5 Å². The molecule has 22 heavy (non-hydrogen) atoms. The Balaban J connectivity index is 1.82. The maximum absolute atomic E-state index is 11.9. The second-order valence-electron chi connectivity index (χ2n) is 5.56. The fourth-order valence-electron chi connectivity index (χ4n) is 2.90. The van der Waals surface area contributed by atoms with Gasteiger partial charge in [0.1, 0.15) is 5.82 Å². The van der Waals surface area contributed by atoms with Crippen molar-refractivity contribution in [3.05, 3.63) is 34.8 Å². The normalized spacial score (nSPS) is 15.9. The second-order valence-corrected chi connectivity index (χ2v) is 6.41. The van der Waals surface area contributed by atoms with Crippen molar-refractivity contribution in [2.24, 2.45) is 0 Å². The van der Waals surface area contributed by atoms with Gasteiger partial charge in [-0.3, -0.25) is 4.79 Å². The van der Waals surface area contributed by atoms with Crippen molar-refractivity contribution in [2.45, 2.75) is 19.8 Å². The average Bonchev–Trinajstić information content (AvgIpc) is 2.80. The fourth-order valence-corrected chi connectivity index (χ4v) is 3.37. The standard InChI is InChI=1S/C17H20BrN3O/c1-2-16(22)21-10-4-9-20(11-12-21)15-8-7-13-5-3-6-14(18)17(13)19-15/h3,5-8H,2,4,9-12H2,1H3. The van der Waals surface area contributed by atoms with E-state index in [9.17, 15) is 4.79 Å². The quantitative estimate of drug-likeness (QED) is 0.821. The summed E-state index contributed by atoms with van der Waals surface area (Å²) in [7, 11) is 0. The molecule has 0 saturated carbocycles. The zero-order chi connectivity index (χ0) is 15.5. The van der Waals surface area contributed by atoms with Crippen LogP contribution in [-0.2, 0) is 4.79 Å². The van der Waals surface area contributed by atoms with Gasteiger partial charge >= 0.3 is 0 Å². The number of hydrogen-bond acceptors (Lipinski definition) is 3. The van der Waals surface area contributed by atoms with Gasteiger partial charge in [0.25, 0.3) is 0 Å². The summed E-state index contributed by atoms with van der Waals surface area (Å²) in [6.07, 6.45) is 1.57. The highest BCUT2D eigenvalue weighted by Gasteiger charge is 2.19. The average molecular weight is 362 g/mol. The van der Waals surface area contributed by atoms with E-state index in [-0.39, 0.29) is 5.91 Å². The Morgan fingerprint density at radius 2 is 2.05 bits per heavy atom. The van der Waals surface area contributed by atoms with E-state index in [1.807, 2.05) is 24.0 Å². The van der Waals surface area contributed by atoms with Crippen LogP contribution >= 0.6 is 15.9 Å². The van der Waals surface area contributed by atoms with Crippen molar-refractivity contribution in [3.8, 4) is 0 Å². The van der Waals surface area contributed by atoms with E-state index in [4.69, 9.17) is 4.98 Å². The van der Waals surface area contributed by atoms with Crippen LogP contribution < -0.4 is 4.90 Å². The highest BCUT2D eigenvalue weighted by molar-refractivity contribution is 9.10. The zero-order valence-electron chi connectivity index (χ0n) is 12.8. The molecule has 2 heterocycles. The van der Waals surface area contributed by atoms with Crippen LogP contribution in [0.1, 0.15) is 19.8 Å². The van der Waals surface area contributed by atoms with Crippen LogP contribution in [0.15, 0.2) is 34.8 Å². The van der Waals surface area contributed by atoms with Crippen molar-refractivity contribution < 1.29 is 4.79 Å².